The van der Waals surface area contributed by atoms with Gasteiger partial charge in [0.2, 0.25) is 5.89 Å². The number of aromatic amines is 1. The Morgan fingerprint density at radius 3 is 3.00 bits per heavy atom. The summed E-state index contributed by atoms with van der Waals surface area (Å²) in [4.78, 5) is 10.6. The lowest BCUT2D eigenvalue weighted by molar-refractivity contribution is -0.138. The molecule has 0 radical (unpaired) electrons. The van der Waals surface area contributed by atoms with Gasteiger partial charge in [0.1, 0.15) is 0 Å². The van der Waals surface area contributed by atoms with Gasteiger partial charge in [-0.3, -0.25) is 4.79 Å². The molecule has 5 nitrogen and oxygen atoms in total. The molecule has 0 spiro atoms. The van der Waals surface area contributed by atoms with Gasteiger partial charge in [-0.15, -0.1) is 5.10 Å². The molecule has 6 heteroatoms. The topological polar surface area (TPSA) is 79.1 Å². The van der Waals surface area contributed by atoms with E-state index >= 15 is 0 Å². The molecule has 1 aliphatic rings. The SMILES string of the molecule is O=C(O)C1CC1c1n[nH]c(=S)o1. The molecule has 0 aromatic carbocycles. The van der Waals surface area contributed by atoms with Gasteiger partial charge >= 0.3 is 5.97 Å². The second-order valence-corrected chi connectivity index (χ2v) is 3.11. The molecular weight excluding hydrogens is 180 g/mol. The molecule has 2 N–H and O–H groups in total. The van der Waals surface area contributed by atoms with Crippen molar-refractivity contribution in [1.82, 2.24) is 10.2 Å². The summed E-state index contributed by atoms with van der Waals surface area (Å²) < 4.78 is 4.97. The first-order valence-electron chi connectivity index (χ1n) is 3.46. The molecule has 2 atom stereocenters. The van der Waals surface area contributed by atoms with Gasteiger partial charge in [-0.05, 0) is 18.6 Å². The second kappa shape index (κ2) is 2.41. The minimum absolute atomic E-state index is 0.0875. The lowest BCUT2D eigenvalue weighted by Gasteiger charge is -1.86. The van der Waals surface area contributed by atoms with Crippen LogP contribution in [0.4, 0.5) is 0 Å². The molecule has 1 aliphatic carbocycles. The van der Waals surface area contributed by atoms with E-state index in [9.17, 15) is 4.79 Å². The quantitative estimate of drug-likeness (QED) is 0.671. The van der Waals surface area contributed by atoms with Crippen LogP contribution >= 0.6 is 12.2 Å². The highest BCUT2D eigenvalue weighted by molar-refractivity contribution is 7.71. The number of carboxylic acid groups (broad SMARTS) is 1. The third kappa shape index (κ3) is 1.14. The highest BCUT2D eigenvalue weighted by Gasteiger charge is 2.47. The number of nitrogens with zero attached hydrogens (tertiary/aromatic N) is 1. The van der Waals surface area contributed by atoms with Crippen LogP contribution in [0.5, 0.6) is 0 Å². The van der Waals surface area contributed by atoms with Crippen LogP contribution in [0.1, 0.15) is 18.2 Å². The van der Waals surface area contributed by atoms with E-state index in [1.165, 1.54) is 0 Å². The van der Waals surface area contributed by atoms with E-state index < -0.39 is 5.97 Å². The maximum absolute atomic E-state index is 10.4. The summed E-state index contributed by atoms with van der Waals surface area (Å²) >= 11 is 4.65. The monoisotopic (exact) mass is 186 g/mol. The Morgan fingerprint density at radius 1 is 1.83 bits per heavy atom. The normalized spacial score (nSPS) is 27.0. The zero-order valence-corrected chi connectivity index (χ0v) is 6.80. The first kappa shape index (κ1) is 7.48. The van der Waals surface area contributed by atoms with Crippen LogP contribution in [0.25, 0.3) is 0 Å². The van der Waals surface area contributed by atoms with E-state index in [-0.39, 0.29) is 16.7 Å². The molecular formula is C6H6N2O3S. The second-order valence-electron chi connectivity index (χ2n) is 2.74. The van der Waals surface area contributed by atoms with Crippen molar-refractivity contribution in [3.63, 3.8) is 0 Å². The Morgan fingerprint density at radius 2 is 2.58 bits per heavy atom. The predicted molar refractivity (Wildman–Crippen MR) is 40.2 cm³/mol. The summed E-state index contributed by atoms with van der Waals surface area (Å²) in [6.45, 7) is 0. The summed E-state index contributed by atoms with van der Waals surface area (Å²) in [5.74, 6) is -0.821. The molecule has 0 saturated heterocycles. The number of carboxylic acids is 1. The standard InChI is InChI=1S/C6H6N2O3S/c9-5(10)3-1-2(3)4-7-8-6(12)11-4/h2-3H,1H2,(H,8,12)(H,9,10). The smallest absolute Gasteiger partial charge is 0.307 e. The lowest BCUT2D eigenvalue weighted by atomic mass is 10.3. The van der Waals surface area contributed by atoms with Crippen molar-refractivity contribution in [2.24, 2.45) is 5.92 Å². The van der Waals surface area contributed by atoms with Gasteiger partial charge in [-0.25, -0.2) is 5.10 Å². The molecule has 1 heterocycles. The fourth-order valence-corrected chi connectivity index (χ4v) is 1.27. The zero-order valence-electron chi connectivity index (χ0n) is 5.98. The molecule has 0 bridgehead atoms. The summed E-state index contributed by atoms with van der Waals surface area (Å²) in [5, 5.41) is 14.8. The van der Waals surface area contributed by atoms with Crippen molar-refractivity contribution in [2.45, 2.75) is 12.3 Å². The Bertz CT molecular complexity index is 369. The summed E-state index contributed by atoms with van der Waals surface area (Å²) in [7, 11) is 0. The van der Waals surface area contributed by atoms with E-state index in [0.717, 1.165) is 0 Å². The number of nitrogens with one attached hydrogen (secondary N) is 1. The van der Waals surface area contributed by atoms with Crippen molar-refractivity contribution >= 4 is 18.2 Å². The number of H-pyrrole nitrogens is 1. The van der Waals surface area contributed by atoms with Crippen molar-refractivity contribution in [3.8, 4) is 0 Å². The van der Waals surface area contributed by atoms with E-state index in [0.29, 0.717) is 12.3 Å². The van der Waals surface area contributed by atoms with E-state index in [4.69, 9.17) is 9.52 Å². The van der Waals surface area contributed by atoms with Gasteiger partial charge in [0, 0.05) is 0 Å². The Hall–Kier alpha value is -1.17. The molecule has 2 rings (SSSR count). The summed E-state index contributed by atoms with van der Waals surface area (Å²) in [6.07, 6.45) is 0.596. The molecule has 0 amide bonds. The van der Waals surface area contributed by atoms with Crippen LogP contribution in [0.3, 0.4) is 0 Å². The van der Waals surface area contributed by atoms with Gasteiger partial charge in [0.15, 0.2) is 0 Å². The van der Waals surface area contributed by atoms with Crippen molar-refractivity contribution in [1.29, 1.82) is 0 Å². The number of aromatic nitrogens is 2. The molecule has 1 aromatic heterocycles. The fourth-order valence-electron chi connectivity index (χ4n) is 1.14. The van der Waals surface area contributed by atoms with E-state index in [1.807, 2.05) is 0 Å². The molecule has 1 aromatic rings. The number of rotatable bonds is 2. The Balaban J connectivity index is 2.15. The van der Waals surface area contributed by atoms with Crippen LogP contribution in [0.15, 0.2) is 4.42 Å². The number of hydrogen-bond donors (Lipinski definition) is 2. The Kier molecular flexibility index (Phi) is 1.50. The highest BCUT2D eigenvalue weighted by atomic mass is 32.1. The summed E-state index contributed by atoms with van der Waals surface area (Å²) in [5.41, 5.74) is 0. The maximum atomic E-state index is 10.4. The van der Waals surface area contributed by atoms with Crippen molar-refractivity contribution in [2.75, 3.05) is 0 Å². The number of hydrogen-bond acceptors (Lipinski definition) is 4. The molecule has 2 unspecified atom stereocenters. The third-order valence-corrected chi connectivity index (χ3v) is 2.05. The average Bonchev–Trinajstić information content (AvgIpc) is 2.70. The first-order chi connectivity index (χ1) is 5.68. The summed E-state index contributed by atoms with van der Waals surface area (Å²) in [6, 6.07) is 0. The first-order valence-corrected chi connectivity index (χ1v) is 3.87. The van der Waals surface area contributed by atoms with Crippen molar-refractivity contribution < 1.29 is 14.3 Å². The third-order valence-electron chi connectivity index (χ3n) is 1.88. The highest BCUT2D eigenvalue weighted by Crippen LogP contribution is 2.46. The van der Waals surface area contributed by atoms with Crippen molar-refractivity contribution in [3.05, 3.63) is 10.7 Å². The van der Waals surface area contributed by atoms with Crippen LogP contribution in [-0.2, 0) is 4.79 Å². The molecule has 1 saturated carbocycles. The zero-order chi connectivity index (χ0) is 8.72. The molecule has 0 aliphatic heterocycles. The lowest BCUT2D eigenvalue weighted by Crippen LogP contribution is -1.98. The van der Waals surface area contributed by atoms with Crippen LogP contribution in [0.2, 0.25) is 0 Å². The van der Waals surface area contributed by atoms with Crippen LogP contribution in [-0.4, -0.2) is 21.3 Å². The minimum atomic E-state index is -0.802. The van der Waals surface area contributed by atoms with Crippen LogP contribution < -0.4 is 0 Å². The van der Waals surface area contributed by atoms with Gasteiger partial charge in [0.25, 0.3) is 4.84 Å². The molecule has 64 valence electrons. The predicted octanol–water partition coefficient (Wildman–Crippen LogP) is 0.920. The average molecular weight is 186 g/mol. The van der Waals surface area contributed by atoms with E-state index in [1.54, 1.807) is 0 Å². The number of carbonyl (C=O) groups is 1. The van der Waals surface area contributed by atoms with Gasteiger partial charge in [0.05, 0.1) is 11.8 Å². The maximum Gasteiger partial charge on any atom is 0.307 e. The van der Waals surface area contributed by atoms with Crippen LogP contribution in [0, 0.1) is 10.8 Å². The van der Waals surface area contributed by atoms with Gasteiger partial charge in [-0.1, -0.05) is 0 Å². The minimum Gasteiger partial charge on any atom is -0.481 e. The number of aliphatic carboxylic acids is 1. The van der Waals surface area contributed by atoms with Gasteiger partial charge in [-0.2, -0.15) is 0 Å². The molecule has 12 heavy (non-hydrogen) atoms. The Labute approximate surface area is 72.4 Å². The van der Waals surface area contributed by atoms with E-state index in [2.05, 4.69) is 22.4 Å². The van der Waals surface area contributed by atoms with Gasteiger partial charge < -0.3 is 9.52 Å². The largest absolute Gasteiger partial charge is 0.481 e. The fraction of sp³-hybridized carbons (Fsp3) is 0.500. The molecule has 1 fully saturated rings.